The number of fused-ring (bicyclic) bond motifs is 1. The van der Waals surface area contributed by atoms with Crippen LogP contribution in [0.25, 0.3) is 28.7 Å². The van der Waals surface area contributed by atoms with E-state index in [9.17, 15) is 13.2 Å². The van der Waals surface area contributed by atoms with E-state index in [4.69, 9.17) is 4.74 Å². The van der Waals surface area contributed by atoms with Crippen molar-refractivity contribution in [2.75, 3.05) is 6.61 Å². The molecule has 0 aliphatic rings. The largest absolute Gasteiger partial charge is 0.453 e. The Hall–Kier alpha value is -4.07. The molecule has 11 nitrogen and oxygen atoms in total. The number of nitrogens with zero attached hydrogens (tertiary/aromatic N) is 8. The highest BCUT2D eigenvalue weighted by atomic mass is 19.4. The molecule has 0 amide bonds. The van der Waals surface area contributed by atoms with Gasteiger partial charge < -0.3 is 9.72 Å². The first-order valence-corrected chi connectivity index (χ1v) is 9.40. The van der Waals surface area contributed by atoms with E-state index in [1.807, 2.05) is 12.3 Å². The normalized spacial score (nSPS) is 12.1. The van der Waals surface area contributed by atoms with Gasteiger partial charge in [0.1, 0.15) is 17.1 Å². The van der Waals surface area contributed by atoms with Crippen LogP contribution in [0.5, 0.6) is 0 Å². The van der Waals surface area contributed by atoms with Crippen molar-refractivity contribution in [1.29, 1.82) is 0 Å². The van der Waals surface area contributed by atoms with Crippen molar-refractivity contribution in [3.8, 4) is 22.9 Å². The van der Waals surface area contributed by atoms with Gasteiger partial charge in [0.25, 0.3) is 5.82 Å². The summed E-state index contributed by atoms with van der Waals surface area (Å²) in [4.78, 5) is 19.3. The summed E-state index contributed by atoms with van der Waals surface area (Å²) in [5, 5.41) is 9.67. The Balaban J connectivity index is 1.47. The maximum atomic E-state index is 13.0. The fourth-order valence-corrected chi connectivity index (χ4v) is 3.12. The van der Waals surface area contributed by atoms with Gasteiger partial charge >= 0.3 is 6.18 Å². The van der Waals surface area contributed by atoms with Gasteiger partial charge in [-0.15, -0.1) is 5.10 Å². The average molecular weight is 444 g/mol. The zero-order valence-electron chi connectivity index (χ0n) is 16.3. The van der Waals surface area contributed by atoms with Crippen LogP contribution in [0.1, 0.15) is 11.4 Å². The molecule has 0 saturated carbocycles. The lowest BCUT2D eigenvalue weighted by Gasteiger charge is -2.06. The van der Waals surface area contributed by atoms with E-state index in [0.29, 0.717) is 24.5 Å². The van der Waals surface area contributed by atoms with Crippen LogP contribution in [0.15, 0.2) is 43.4 Å². The molecule has 0 radical (unpaired) electrons. The molecule has 0 aromatic carbocycles. The third kappa shape index (κ3) is 3.82. The number of imidazole rings is 2. The number of hydrogen-bond acceptors (Lipinski definition) is 7. The maximum Gasteiger partial charge on any atom is 0.453 e. The Labute approximate surface area is 177 Å². The molecule has 32 heavy (non-hydrogen) atoms. The maximum absolute atomic E-state index is 13.0. The topological polar surface area (TPSA) is 127 Å². The second-order valence-corrected chi connectivity index (χ2v) is 6.72. The molecular formula is C18H15F3N10O. The molecule has 5 heterocycles. The fourth-order valence-electron chi connectivity index (χ4n) is 3.12. The summed E-state index contributed by atoms with van der Waals surface area (Å²) in [5.74, 6) is -1.15. The van der Waals surface area contributed by atoms with E-state index in [-0.39, 0.29) is 23.9 Å². The number of aromatic amines is 2. The summed E-state index contributed by atoms with van der Waals surface area (Å²) < 4.78 is 48.0. The van der Waals surface area contributed by atoms with Crippen molar-refractivity contribution in [2.45, 2.75) is 19.3 Å². The van der Waals surface area contributed by atoms with Crippen LogP contribution in [0, 0.1) is 0 Å². The highest BCUT2D eigenvalue weighted by Gasteiger charge is 2.37. The van der Waals surface area contributed by atoms with Crippen LogP contribution in [0.4, 0.5) is 13.2 Å². The van der Waals surface area contributed by atoms with Gasteiger partial charge in [-0.05, 0) is 6.07 Å². The Morgan fingerprint density at radius 1 is 1.16 bits per heavy atom. The minimum atomic E-state index is -4.68. The van der Waals surface area contributed by atoms with Crippen molar-refractivity contribution in [3.05, 3.63) is 54.8 Å². The Bertz CT molecular complexity index is 1320. The lowest BCUT2D eigenvalue weighted by atomic mass is 10.2. The molecule has 2 N–H and O–H groups in total. The second-order valence-electron chi connectivity index (χ2n) is 6.72. The van der Waals surface area contributed by atoms with Crippen LogP contribution in [-0.2, 0) is 24.1 Å². The number of hydrogen-bond donors (Lipinski definition) is 2. The molecule has 5 aromatic rings. The lowest BCUT2D eigenvalue weighted by molar-refractivity contribution is -0.144. The SMILES string of the molecule is FC(F)(F)c1n[nH]c(-c2nc3ncc(COCCn4cccn4)cn3c2-c2c[nH]cn2)n1. The van der Waals surface area contributed by atoms with Crippen LogP contribution in [0.2, 0.25) is 0 Å². The standard InChI is InChI=1S/C18H15F3N10O/c19-18(20,21)16-27-15(28-29-16)13-14(12-7-22-10-24-12)31-8-11(6-23-17(31)26-13)9-32-5-4-30-3-1-2-25-30/h1-3,6-8,10H,4-5,9H2,(H,22,24)(H,27,28,29). The minimum Gasteiger partial charge on any atom is -0.375 e. The van der Waals surface area contributed by atoms with Crippen LogP contribution < -0.4 is 0 Å². The van der Waals surface area contributed by atoms with Gasteiger partial charge in [0.15, 0.2) is 5.82 Å². The summed E-state index contributed by atoms with van der Waals surface area (Å²) in [5.41, 5.74) is 1.75. The molecule has 0 atom stereocenters. The number of halogens is 3. The predicted molar refractivity (Wildman–Crippen MR) is 103 cm³/mol. The Morgan fingerprint density at radius 3 is 2.78 bits per heavy atom. The van der Waals surface area contributed by atoms with Gasteiger partial charge in [0.05, 0.1) is 26.1 Å². The highest BCUT2D eigenvalue weighted by molar-refractivity contribution is 5.76. The van der Waals surface area contributed by atoms with E-state index in [1.165, 1.54) is 6.33 Å². The monoisotopic (exact) mass is 444 g/mol. The van der Waals surface area contributed by atoms with Gasteiger partial charge in [0.2, 0.25) is 5.78 Å². The number of H-pyrrole nitrogens is 2. The van der Waals surface area contributed by atoms with Crippen molar-refractivity contribution in [1.82, 2.24) is 49.3 Å². The molecular weight excluding hydrogens is 429 g/mol. The molecule has 0 aliphatic carbocycles. The zero-order valence-corrected chi connectivity index (χ0v) is 16.3. The second kappa shape index (κ2) is 7.88. The lowest BCUT2D eigenvalue weighted by Crippen LogP contribution is -2.07. The van der Waals surface area contributed by atoms with Crippen LogP contribution in [-0.4, -0.2) is 55.9 Å². The summed E-state index contributed by atoms with van der Waals surface area (Å²) in [6, 6.07) is 1.83. The molecule has 5 rings (SSSR count). The van der Waals surface area contributed by atoms with Gasteiger partial charge in [-0.3, -0.25) is 14.2 Å². The van der Waals surface area contributed by atoms with Crippen LogP contribution in [0.3, 0.4) is 0 Å². The van der Waals surface area contributed by atoms with Crippen molar-refractivity contribution < 1.29 is 17.9 Å². The van der Waals surface area contributed by atoms with E-state index in [2.05, 4.69) is 40.2 Å². The zero-order chi connectivity index (χ0) is 22.1. The predicted octanol–water partition coefficient (Wildman–Crippen LogP) is 2.34. The van der Waals surface area contributed by atoms with E-state index >= 15 is 0 Å². The quantitative estimate of drug-likeness (QED) is 0.369. The third-order valence-corrected chi connectivity index (χ3v) is 4.53. The van der Waals surface area contributed by atoms with Crippen molar-refractivity contribution in [3.63, 3.8) is 0 Å². The number of ether oxygens (including phenoxy) is 1. The van der Waals surface area contributed by atoms with E-state index in [0.717, 1.165) is 5.56 Å². The first-order valence-electron chi connectivity index (χ1n) is 9.40. The first-order chi connectivity index (χ1) is 15.5. The average Bonchev–Trinajstić information content (AvgIpc) is 3.55. The van der Waals surface area contributed by atoms with Gasteiger partial charge in [0, 0.05) is 36.5 Å². The Kier molecular flexibility index (Phi) is 4.89. The van der Waals surface area contributed by atoms with Gasteiger partial charge in [-0.2, -0.15) is 18.3 Å². The third-order valence-electron chi connectivity index (χ3n) is 4.53. The van der Waals surface area contributed by atoms with Crippen molar-refractivity contribution in [2.24, 2.45) is 0 Å². The summed E-state index contributed by atoms with van der Waals surface area (Å²) in [6.45, 7) is 1.32. The number of alkyl halides is 3. The molecule has 0 fully saturated rings. The number of aromatic nitrogens is 10. The molecule has 0 aliphatic heterocycles. The Morgan fingerprint density at radius 2 is 2.06 bits per heavy atom. The summed E-state index contributed by atoms with van der Waals surface area (Å²) >= 11 is 0. The summed E-state index contributed by atoms with van der Waals surface area (Å²) in [6.07, 6.45) is 5.25. The fraction of sp³-hybridized carbons (Fsp3) is 0.222. The molecule has 14 heteroatoms. The molecule has 0 saturated heterocycles. The molecule has 0 unspecified atom stereocenters. The molecule has 0 bridgehead atoms. The van der Waals surface area contributed by atoms with Gasteiger partial charge in [-0.25, -0.2) is 19.9 Å². The molecule has 0 spiro atoms. The summed E-state index contributed by atoms with van der Waals surface area (Å²) in [7, 11) is 0. The molecule has 5 aromatic heterocycles. The number of nitrogens with one attached hydrogen (secondary N) is 2. The highest BCUT2D eigenvalue weighted by Crippen LogP contribution is 2.32. The number of rotatable bonds is 7. The van der Waals surface area contributed by atoms with Crippen LogP contribution >= 0.6 is 0 Å². The first kappa shape index (κ1) is 19.9. The van der Waals surface area contributed by atoms with Crippen molar-refractivity contribution >= 4 is 5.78 Å². The van der Waals surface area contributed by atoms with E-state index in [1.54, 1.807) is 33.9 Å². The van der Waals surface area contributed by atoms with Gasteiger partial charge in [-0.1, -0.05) is 0 Å². The van der Waals surface area contributed by atoms with E-state index < -0.39 is 12.0 Å². The smallest absolute Gasteiger partial charge is 0.375 e. The minimum absolute atomic E-state index is 0.141. The molecule has 164 valence electrons.